The smallest absolute Gasteiger partial charge is 0.206 e. The van der Waals surface area contributed by atoms with Crippen molar-refractivity contribution >= 4 is 21.2 Å². The van der Waals surface area contributed by atoms with Crippen LogP contribution in [0.25, 0.3) is 0 Å². The summed E-state index contributed by atoms with van der Waals surface area (Å²) in [6.45, 7) is 0.919. The van der Waals surface area contributed by atoms with E-state index in [0.717, 1.165) is 25.1 Å². The predicted octanol–water partition coefficient (Wildman–Crippen LogP) is 2.67. The molecule has 1 aliphatic heterocycles. The molecule has 0 spiro atoms. The van der Waals surface area contributed by atoms with E-state index < -0.39 is 9.84 Å². The van der Waals surface area contributed by atoms with Crippen LogP contribution < -0.4 is 10.6 Å². The van der Waals surface area contributed by atoms with Gasteiger partial charge in [0.05, 0.1) is 9.79 Å². The first-order valence-corrected chi connectivity index (χ1v) is 9.01. The summed E-state index contributed by atoms with van der Waals surface area (Å²) >= 11 is 0. The van der Waals surface area contributed by atoms with Gasteiger partial charge in [-0.1, -0.05) is 0 Å². The molecular formula is C17H20N2O3S. The fourth-order valence-electron chi connectivity index (χ4n) is 2.88. The zero-order chi connectivity index (χ0) is 16.4. The van der Waals surface area contributed by atoms with Gasteiger partial charge < -0.3 is 15.4 Å². The third-order valence-electron chi connectivity index (χ3n) is 4.14. The average Bonchev–Trinajstić information content (AvgIpc) is 3.04. The fraction of sp³-hybridized carbons (Fsp3) is 0.294. The summed E-state index contributed by atoms with van der Waals surface area (Å²) in [7, 11) is -1.82. The largest absolute Gasteiger partial charge is 0.399 e. The molecule has 1 aliphatic rings. The Hall–Kier alpha value is -2.05. The zero-order valence-electron chi connectivity index (χ0n) is 13.0. The molecule has 122 valence electrons. The number of nitrogen functional groups attached to an aromatic ring is 1. The van der Waals surface area contributed by atoms with Gasteiger partial charge >= 0.3 is 0 Å². The quantitative estimate of drug-likeness (QED) is 0.872. The van der Waals surface area contributed by atoms with Gasteiger partial charge in [0.2, 0.25) is 9.84 Å². The molecule has 2 aromatic rings. The molecule has 1 heterocycles. The second kappa shape index (κ2) is 6.22. The SMILES string of the molecule is COC1CCCN1c1ccc(S(=O)(=O)c2ccc(N)cc2)cc1. The molecule has 1 unspecified atom stereocenters. The van der Waals surface area contributed by atoms with Gasteiger partial charge in [-0.15, -0.1) is 0 Å². The van der Waals surface area contributed by atoms with E-state index in [1.807, 2.05) is 12.1 Å². The minimum Gasteiger partial charge on any atom is -0.399 e. The van der Waals surface area contributed by atoms with Crippen molar-refractivity contribution in [1.82, 2.24) is 0 Å². The third-order valence-corrected chi connectivity index (χ3v) is 5.92. The van der Waals surface area contributed by atoms with Crippen molar-refractivity contribution in [2.24, 2.45) is 0 Å². The normalized spacial score (nSPS) is 18.3. The monoisotopic (exact) mass is 332 g/mol. The van der Waals surface area contributed by atoms with E-state index >= 15 is 0 Å². The fourth-order valence-corrected chi connectivity index (χ4v) is 4.14. The van der Waals surface area contributed by atoms with Crippen LogP contribution in [0.3, 0.4) is 0 Å². The molecule has 1 atom stereocenters. The van der Waals surface area contributed by atoms with Crippen LogP contribution in [0.5, 0.6) is 0 Å². The van der Waals surface area contributed by atoms with E-state index in [9.17, 15) is 8.42 Å². The van der Waals surface area contributed by atoms with Crippen molar-refractivity contribution < 1.29 is 13.2 Å². The molecule has 1 saturated heterocycles. The van der Waals surface area contributed by atoms with Gasteiger partial charge in [-0.2, -0.15) is 0 Å². The summed E-state index contributed by atoms with van der Waals surface area (Å²) in [6, 6.07) is 13.2. The molecule has 0 bridgehead atoms. The third kappa shape index (κ3) is 3.04. The highest BCUT2D eigenvalue weighted by molar-refractivity contribution is 7.91. The zero-order valence-corrected chi connectivity index (χ0v) is 13.8. The van der Waals surface area contributed by atoms with E-state index in [-0.39, 0.29) is 16.0 Å². The Morgan fingerprint density at radius 2 is 1.61 bits per heavy atom. The minimum atomic E-state index is -3.52. The lowest BCUT2D eigenvalue weighted by Crippen LogP contribution is -2.30. The molecule has 0 aromatic heterocycles. The van der Waals surface area contributed by atoms with Crippen molar-refractivity contribution in [3.05, 3.63) is 48.5 Å². The Morgan fingerprint density at radius 1 is 1.04 bits per heavy atom. The standard InChI is InChI=1S/C17H20N2O3S/c1-22-17-3-2-12-19(17)14-6-10-16(11-7-14)23(20,21)15-8-4-13(18)5-9-15/h4-11,17H,2-3,12,18H2,1H3. The molecule has 5 nitrogen and oxygen atoms in total. The van der Waals surface area contributed by atoms with E-state index in [2.05, 4.69) is 4.90 Å². The highest BCUT2D eigenvalue weighted by Gasteiger charge is 2.25. The van der Waals surface area contributed by atoms with Crippen molar-refractivity contribution in [3.8, 4) is 0 Å². The number of sulfone groups is 1. The number of anilines is 2. The lowest BCUT2D eigenvalue weighted by molar-refractivity contribution is 0.111. The van der Waals surface area contributed by atoms with Gasteiger partial charge in [0.1, 0.15) is 6.23 Å². The Kier molecular flexibility index (Phi) is 4.28. The predicted molar refractivity (Wildman–Crippen MR) is 90.1 cm³/mol. The second-order valence-corrected chi connectivity index (χ2v) is 7.54. The molecule has 2 aromatic carbocycles. The average molecular weight is 332 g/mol. The summed E-state index contributed by atoms with van der Waals surface area (Å²) in [5, 5.41) is 0. The van der Waals surface area contributed by atoms with Crippen molar-refractivity contribution in [3.63, 3.8) is 0 Å². The molecule has 23 heavy (non-hydrogen) atoms. The topological polar surface area (TPSA) is 72.6 Å². The Morgan fingerprint density at radius 3 is 2.17 bits per heavy atom. The maximum absolute atomic E-state index is 12.6. The van der Waals surface area contributed by atoms with Crippen LogP contribution in [0.4, 0.5) is 11.4 Å². The molecule has 3 rings (SSSR count). The van der Waals surface area contributed by atoms with Gasteiger partial charge in [0, 0.05) is 25.0 Å². The van der Waals surface area contributed by atoms with Crippen LogP contribution in [0.1, 0.15) is 12.8 Å². The Labute approximate surface area is 136 Å². The van der Waals surface area contributed by atoms with Crippen LogP contribution in [-0.4, -0.2) is 28.3 Å². The molecule has 1 fully saturated rings. The summed E-state index contributed by atoms with van der Waals surface area (Å²) < 4.78 is 30.7. The molecule has 6 heteroatoms. The summed E-state index contributed by atoms with van der Waals surface area (Å²) in [5.41, 5.74) is 7.13. The highest BCUT2D eigenvalue weighted by atomic mass is 32.2. The first kappa shape index (κ1) is 15.8. The van der Waals surface area contributed by atoms with Crippen LogP contribution in [-0.2, 0) is 14.6 Å². The lowest BCUT2D eigenvalue weighted by atomic mass is 10.3. The summed E-state index contributed by atoms with van der Waals surface area (Å²) in [6.07, 6.45) is 2.13. The van der Waals surface area contributed by atoms with Gasteiger partial charge in [0.25, 0.3) is 0 Å². The van der Waals surface area contributed by atoms with E-state index in [1.165, 1.54) is 12.1 Å². The first-order valence-electron chi connectivity index (χ1n) is 7.52. The number of ether oxygens (including phenoxy) is 1. The van der Waals surface area contributed by atoms with Crippen LogP contribution >= 0.6 is 0 Å². The second-order valence-electron chi connectivity index (χ2n) is 5.59. The molecular weight excluding hydrogens is 312 g/mol. The molecule has 0 amide bonds. The number of hydrogen-bond donors (Lipinski definition) is 1. The maximum Gasteiger partial charge on any atom is 0.206 e. The van der Waals surface area contributed by atoms with Gasteiger partial charge in [0.15, 0.2) is 0 Å². The number of rotatable bonds is 4. The summed E-state index contributed by atoms with van der Waals surface area (Å²) in [5.74, 6) is 0. The van der Waals surface area contributed by atoms with Crippen LogP contribution in [0.2, 0.25) is 0 Å². The number of benzene rings is 2. The van der Waals surface area contributed by atoms with Crippen LogP contribution in [0, 0.1) is 0 Å². The van der Waals surface area contributed by atoms with E-state index in [4.69, 9.17) is 10.5 Å². The number of methoxy groups -OCH3 is 1. The number of hydrogen-bond acceptors (Lipinski definition) is 5. The molecule has 2 N–H and O–H groups in total. The van der Waals surface area contributed by atoms with Gasteiger partial charge in [-0.3, -0.25) is 0 Å². The molecule has 0 aliphatic carbocycles. The highest BCUT2D eigenvalue weighted by Crippen LogP contribution is 2.28. The van der Waals surface area contributed by atoms with Crippen molar-refractivity contribution in [2.45, 2.75) is 28.9 Å². The van der Waals surface area contributed by atoms with E-state index in [1.54, 1.807) is 31.4 Å². The van der Waals surface area contributed by atoms with Crippen molar-refractivity contribution in [2.75, 3.05) is 24.3 Å². The number of nitrogens with zero attached hydrogens (tertiary/aromatic N) is 1. The van der Waals surface area contributed by atoms with E-state index in [0.29, 0.717) is 5.69 Å². The van der Waals surface area contributed by atoms with Crippen LogP contribution in [0.15, 0.2) is 58.3 Å². The first-order chi connectivity index (χ1) is 11.0. The Balaban J connectivity index is 1.88. The maximum atomic E-state index is 12.6. The van der Waals surface area contributed by atoms with Crippen molar-refractivity contribution in [1.29, 1.82) is 0 Å². The lowest BCUT2D eigenvalue weighted by Gasteiger charge is -2.25. The van der Waals surface area contributed by atoms with Gasteiger partial charge in [-0.25, -0.2) is 8.42 Å². The molecule has 0 radical (unpaired) electrons. The number of nitrogens with two attached hydrogens (primary N) is 1. The summed E-state index contributed by atoms with van der Waals surface area (Å²) in [4.78, 5) is 2.68. The Bertz CT molecular complexity index is 770. The molecule has 0 saturated carbocycles. The van der Waals surface area contributed by atoms with Gasteiger partial charge in [-0.05, 0) is 61.4 Å². The minimum absolute atomic E-state index is 0.0644.